The summed E-state index contributed by atoms with van der Waals surface area (Å²) >= 11 is 0. The Kier molecular flexibility index (Phi) is 3.58. The molecule has 2 aliphatic rings. The van der Waals surface area contributed by atoms with Gasteiger partial charge in [0, 0.05) is 25.7 Å². The Balaban J connectivity index is 1.85. The highest BCUT2D eigenvalue weighted by molar-refractivity contribution is 5.53. The van der Waals surface area contributed by atoms with Crippen molar-refractivity contribution in [1.82, 2.24) is 4.90 Å². The number of fused-ring (bicyclic) bond motifs is 1. The Bertz CT molecular complexity index is 530. The molecule has 0 radical (unpaired) electrons. The van der Waals surface area contributed by atoms with E-state index in [1.165, 1.54) is 12.8 Å². The van der Waals surface area contributed by atoms with Gasteiger partial charge in [0.05, 0.1) is 11.6 Å². The van der Waals surface area contributed by atoms with Crippen LogP contribution in [0.25, 0.3) is 0 Å². The second kappa shape index (κ2) is 5.37. The topological polar surface area (TPSA) is 30.3 Å². The monoisotopic (exact) mass is 277 g/mol. The molecule has 0 aliphatic carbocycles. The fraction of sp³-hybridized carbons (Fsp3) is 0.533. The predicted molar refractivity (Wildman–Crippen MR) is 72.5 cm³/mol. The van der Waals surface area contributed by atoms with Crippen molar-refractivity contribution in [2.45, 2.75) is 25.3 Å². The number of nitrogens with zero attached hydrogens (tertiary/aromatic N) is 3. The number of anilines is 1. The predicted octanol–water partition coefficient (Wildman–Crippen LogP) is 2.51. The van der Waals surface area contributed by atoms with E-state index in [9.17, 15) is 8.78 Å². The molecule has 2 aliphatic heterocycles. The number of hydrogen-bond acceptors (Lipinski definition) is 3. The molecule has 0 aromatic heterocycles. The van der Waals surface area contributed by atoms with E-state index in [0.717, 1.165) is 31.6 Å². The van der Waals surface area contributed by atoms with Gasteiger partial charge in [-0.25, -0.2) is 8.78 Å². The molecule has 1 aromatic rings. The minimum atomic E-state index is -0.634. The van der Waals surface area contributed by atoms with Gasteiger partial charge in [-0.3, -0.25) is 4.90 Å². The Morgan fingerprint density at radius 2 is 1.85 bits per heavy atom. The quantitative estimate of drug-likeness (QED) is 0.790. The van der Waals surface area contributed by atoms with Crippen molar-refractivity contribution in [3.8, 4) is 6.07 Å². The highest BCUT2D eigenvalue weighted by Crippen LogP contribution is 2.29. The number of piperidine rings is 1. The second-order valence-corrected chi connectivity index (χ2v) is 5.53. The third kappa shape index (κ3) is 2.36. The zero-order chi connectivity index (χ0) is 14.1. The van der Waals surface area contributed by atoms with Crippen LogP contribution in [0.2, 0.25) is 0 Å². The van der Waals surface area contributed by atoms with Crippen LogP contribution >= 0.6 is 0 Å². The highest BCUT2D eigenvalue weighted by atomic mass is 19.1. The molecule has 3 nitrogen and oxygen atoms in total. The molecule has 2 fully saturated rings. The minimum absolute atomic E-state index is 0.0224. The first-order valence-electron chi connectivity index (χ1n) is 7.07. The molecule has 2 saturated heterocycles. The van der Waals surface area contributed by atoms with Crippen LogP contribution in [-0.4, -0.2) is 37.1 Å². The van der Waals surface area contributed by atoms with Crippen molar-refractivity contribution < 1.29 is 8.78 Å². The van der Waals surface area contributed by atoms with Gasteiger partial charge in [-0.1, -0.05) is 6.42 Å². The molecule has 1 unspecified atom stereocenters. The molecule has 0 saturated carbocycles. The zero-order valence-corrected chi connectivity index (χ0v) is 11.3. The first-order chi connectivity index (χ1) is 9.69. The average Bonchev–Trinajstić information content (AvgIpc) is 2.46. The molecule has 2 heterocycles. The second-order valence-electron chi connectivity index (χ2n) is 5.53. The molecule has 1 aromatic carbocycles. The molecule has 20 heavy (non-hydrogen) atoms. The first kappa shape index (κ1) is 13.3. The third-order valence-electron chi connectivity index (χ3n) is 4.30. The Hall–Kier alpha value is -1.67. The van der Waals surface area contributed by atoms with Crippen molar-refractivity contribution in [2.75, 3.05) is 31.1 Å². The van der Waals surface area contributed by atoms with Crippen LogP contribution in [0.5, 0.6) is 0 Å². The van der Waals surface area contributed by atoms with Crippen molar-refractivity contribution in [1.29, 1.82) is 5.26 Å². The van der Waals surface area contributed by atoms with Gasteiger partial charge in [0.15, 0.2) is 11.6 Å². The largest absolute Gasteiger partial charge is 0.364 e. The van der Waals surface area contributed by atoms with Gasteiger partial charge in [-0.15, -0.1) is 0 Å². The summed E-state index contributed by atoms with van der Waals surface area (Å²) in [7, 11) is 0. The van der Waals surface area contributed by atoms with E-state index in [1.807, 2.05) is 0 Å². The van der Waals surface area contributed by atoms with Gasteiger partial charge < -0.3 is 4.90 Å². The first-order valence-corrected chi connectivity index (χ1v) is 7.07. The standard InChI is InChI=1S/C15H17F2N3/c16-13-7-11(9-18)8-14(17)15(13)20-6-5-19-4-2-1-3-12(19)10-20/h7-8,12H,1-6,10H2. The van der Waals surface area contributed by atoms with Crippen LogP contribution in [0.1, 0.15) is 24.8 Å². The van der Waals surface area contributed by atoms with E-state index in [2.05, 4.69) is 4.90 Å². The van der Waals surface area contributed by atoms with E-state index in [0.29, 0.717) is 19.1 Å². The van der Waals surface area contributed by atoms with Gasteiger partial charge in [0.1, 0.15) is 5.69 Å². The summed E-state index contributed by atoms with van der Waals surface area (Å²) in [6, 6.07) is 4.41. The van der Waals surface area contributed by atoms with Gasteiger partial charge in [0.25, 0.3) is 0 Å². The Morgan fingerprint density at radius 1 is 1.10 bits per heavy atom. The summed E-state index contributed by atoms with van der Waals surface area (Å²) < 4.78 is 28.1. The number of hydrogen-bond donors (Lipinski definition) is 0. The van der Waals surface area contributed by atoms with E-state index >= 15 is 0 Å². The maximum atomic E-state index is 14.1. The zero-order valence-electron chi connectivity index (χ0n) is 11.3. The number of nitriles is 1. The summed E-state index contributed by atoms with van der Waals surface area (Å²) in [5.74, 6) is -1.27. The Morgan fingerprint density at radius 3 is 2.55 bits per heavy atom. The number of rotatable bonds is 1. The molecule has 0 spiro atoms. The molecule has 1 atom stereocenters. The molecule has 106 valence electrons. The lowest BCUT2D eigenvalue weighted by atomic mass is 9.99. The summed E-state index contributed by atoms with van der Waals surface area (Å²) in [6.45, 7) is 3.25. The van der Waals surface area contributed by atoms with Crippen LogP contribution in [0.15, 0.2) is 12.1 Å². The molecular weight excluding hydrogens is 260 g/mol. The normalized spacial score (nSPS) is 23.2. The highest BCUT2D eigenvalue weighted by Gasteiger charge is 2.31. The minimum Gasteiger partial charge on any atom is -0.364 e. The van der Waals surface area contributed by atoms with Crippen molar-refractivity contribution in [3.05, 3.63) is 29.3 Å². The van der Waals surface area contributed by atoms with Crippen molar-refractivity contribution >= 4 is 5.69 Å². The fourth-order valence-corrected chi connectivity index (χ4v) is 3.29. The van der Waals surface area contributed by atoms with E-state index in [-0.39, 0.29) is 11.3 Å². The lowest BCUT2D eigenvalue weighted by Crippen LogP contribution is -2.55. The molecule has 0 bridgehead atoms. The van der Waals surface area contributed by atoms with Gasteiger partial charge in [0.2, 0.25) is 0 Å². The molecular formula is C15H17F2N3. The maximum absolute atomic E-state index is 14.1. The summed E-state index contributed by atoms with van der Waals surface area (Å²) in [6.07, 6.45) is 3.50. The van der Waals surface area contributed by atoms with Crippen molar-refractivity contribution in [2.24, 2.45) is 0 Å². The summed E-state index contributed by atoms with van der Waals surface area (Å²) in [4.78, 5) is 4.21. The lowest BCUT2D eigenvalue weighted by molar-refractivity contribution is 0.133. The summed E-state index contributed by atoms with van der Waals surface area (Å²) in [5.41, 5.74) is 0.0503. The smallest absolute Gasteiger partial charge is 0.150 e. The van der Waals surface area contributed by atoms with Crippen LogP contribution < -0.4 is 4.90 Å². The third-order valence-corrected chi connectivity index (χ3v) is 4.30. The maximum Gasteiger partial charge on any atom is 0.150 e. The van der Waals surface area contributed by atoms with E-state index < -0.39 is 11.6 Å². The van der Waals surface area contributed by atoms with Crippen LogP contribution in [-0.2, 0) is 0 Å². The Labute approximate surface area is 117 Å². The SMILES string of the molecule is N#Cc1cc(F)c(N2CCN3CCCCC3C2)c(F)c1. The molecule has 3 rings (SSSR count). The number of halogens is 2. The van der Waals surface area contributed by atoms with Crippen LogP contribution in [0.3, 0.4) is 0 Å². The molecule has 5 heteroatoms. The van der Waals surface area contributed by atoms with Crippen LogP contribution in [0, 0.1) is 23.0 Å². The average molecular weight is 277 g/mol. The van der Waals surface area contributed by atoms with Crippen LogP contribution in [0.4, 0.5) is 14.5 Å². The van der Waals surface area contributed by atoms with Crippen molar-refractivity contribution in [3.63, 3.8) is 0 Å². The molecule has 0 N–H and O–H groups in total. The number of piperazine rings is 1. The molecule has 0 amide bonds. The van der Waals surface area contributed by atoms with E-state index in [1.54, 1.807) is 11.0 Å². The van der Waals surface area contributed by atoms with E-state index in [4.69, 9.17) is 5.26 Å². The fourth-order valence-electron chi connectivity index (χ4n) is 3.29. The number of benzene rings is 1. The summed E-state index contributed by atoms with van der Waals surface area (Å²) in [5, 5.41) is 8.74. The van der Waals surface area contributed by atoms with Gasteiger partial charge in [-0.05, 0) is 31.5 Å². The lowest BCUT2D eigenvalue weighted by Gasteiger charge is -2.45. The van der Waals surface area contributed by atoms with Gasteiger partial charge in [-0.2, -0.15) is 5.26 Å². The van der Waals surface area contributed by atoms with Gasteiger partial charge >= 0.3 is 0 Å².